The number of aromatic amines is 1. The molecule has 3 aromatic rings. The van der Waals surface area contributed by atoms with Gasteiger partial charge in [-0.1, -0.05) is 42.5 Å². The topological polar surface area (TPSA) is 44.9 Å². The second-order valence-electron chi connectivity index (χ2n) is 6.31. The number of fused-ring (bicyclic) bond motifs is 2. The van der Waals surface area contributed by atoms with E-state index in [0.717, 1.165) is 35.0 Å². The SMILES string of the molecule is Cc1[nH]c2ccccc2c1CC(=O)NC1CCc2ccccc21. The molecular formula is C20H20N2O. The van der Waals surface area contributed by atoms with Crippen molar-refractivity contribution >= 4 is 16.8 Å². The minimum Gasteiger partial charge on any atom is -0.358 e. The maximum absolute atomic E-state index is 12.5. The highest BCUT2D eigenvalue weighted by atomic mass is 16.1. The zero-order chi connectivity index (χ0) is 15.8. The minimum absolute atomic E-state index is 0.0968. The van der Waals surface area contributed by atoms with Crippen LogP contribution < -0.4 is 5.32 Å². The highest BCUT2D eigenvalue weighted by Gasteiger charge is 2.23. The normalized spacial score (nSPS) is 16.5. The Balaban J connectivity index is 1.53. The number of benzene rings is 2. The zero-order valence-corrected chi connectivity index (χ0v) is 13.2. The van der Waals surface area contributed by atoms with E-state index in [2.05, 4.69) is 40.6 Å². The molecule has 3 heteroatoms. The number of para-hydroxylation sites is 1. The average molecular weight is 304 g/mol. The average Bonchev–Trinajstić information content (AvgIpc) is 3.10. The Kier molecular flexibility index (Phi) is 3.41. The first kappa shape index (κ1) is 14.1. The fourth-order valence-corrected chi connectivity index (χ4v) is 3.68. The first-order valence-corrected chi connectivity index (χ1v) is 8.16. The number of aryl methyl sites for hydroxylation is 2. The van der Waals surface area contributed by atoms with Crippen molar-refractivity contribution in [3.8, 4) is 0 Å². The molecule has 1 heterocycles. The van der Waals surface area contributed by atoms with Gasteiger partial charge in [-0.3, -0.25) is 4.79 Å². The molecule has 1 unspecified atom stereocenters. The van der Waals surface area contributed by atoms with Gasteiger partial charge in [-0.2, -0.15) is 0 Å². The second-order valence-corrected chi connectivity index (χ2v) is 6.31. The molecule has 1 amide bonds. The van der Waals surface area contributed by atoms with E-state index in [9.17, 15) is 4.79 Å². The van der Waals surface area contributed by atoms with Gasteiger partial charge >= 0.3 is 0 Å². The van der Waals surface area contributed by atoms with Crippen LogP contribution in [0.25, 0.3) is 10.9 Å². The van der Waals surface area contributed by atoms with Gasteiger partial charge in [0.05, 0.1) is 12.5 Å². The van der Waals surface area contributed by atoms with Crippen molar-refractivity contribution in [1.29, 1.82) is 0 Å². The predicted molar refractivity (Wildman–Crippen MR) is 92.4 cm³/mol. The number of rotatable bonds is 3. The van der Waals surface area contributed by atoms with Gasteiger partial charge in [-0.25, -0.2) is 0 Å². The van der Waals surface area contributed by atoms with Crippen LogP contribution in [0.1, 0.15) is 34.8 Å². The number of hydrogen-bond donors (Lipinski definition) is 2. The van der Waals surface area contributed by atoms with E-state index in [-0.39, 0.29) is 11.9 Å². The van der Waals surface area contributed by atoms with E-state index in [1.165, 1.54) is 11.1 Å². The first-order chi connectivity index (χ1) is 11.2. The van der Waals surface area contributed by atoms with Gasteiger partial charge < -0.3 is 10.3 Å². The van der Waals surface area contributed by atoms with E-state index in [0.29, 0.717) is 6.42 Å². The fraction of sp³-hybridized carbons (Fsp3) is 0.250. The Bertz CT molecular complexity index is 878. The fourth-order valence-electron chi connectivity index (χ4n) is 3.68. The molecule has 0 spiro atoms. The van der Waals surface area contributed by atoms with Crippen molar-refractivity contribution < 1.29 is 4.79 Å². The summed E-state index contributed by atoms with van der Waals surface area (Å²) in [4.78, 5) is 15.9. The highest BCUT2D eigenvalue weighted by Crippen LogP contribution is 2.31. The smallest absolute Gasteiger partial charge is 0.224 e. The second kappa shape index (κ2) is 5.58. The van der Waals surface area contributed by atoms with E-state index in [1.807, 2.05) is 25.1 Å². The molecule has 0 saturated carbocycles. The summed E-state index contributed by atoms with van der Waals surface area (Å²) in [6.45, 7) is 2.04. The van der Waals surface area contributed by atoms with Crippen molar-refractivity contribution in [3.63, 3.8) is 0 Å². The largest absolute Gasteiger partial charge is 0.358 e. The van der Waals surface area contributed by atoms with Crippen molar-refractivity contribution in [1.82, 2.24) is 10.3 Å². The maximum Gasteiger partial charge on any atom is 0.224 e. The Morgan fingerprint density at radius 2 is 1.96 bits per heavy atom. The number of carbonyl (C=O) groups excluding carboxylic acids is 1. The van der Waals surface area contributed by atoms with Gasteiger partial charge in [0.25, 0.3) is 0 Å². The molecule has 0 aliphatic heterocycles. The lowest BCUT2D eigenvalue weighted by atomic mass is 10.1. The standard InChI is InChI=1S/C20H20N2O/c1-13-17(16-8-4-5-9-18(16)21-13)12-20(23)22-19-11-10-14-6-2-3-7-15(14)19/h2-9,19,21H,10-12H2,1H3,(H,22,23). The molecule has 0 radical (unpaired) electrons. The summed E-state index contributed by atoms with van der Waals surface area (Å²) in [6, 6.07) is 16.7. The molecule has 4 rings (SSSR count). The van der Waals surface area contributed by atoms with Gasteiger partial charge in [0.1, 0.15) is 0 Å². The first-order valence-electron chi connectivity index (χ1n) is 8.16. The van der Waals surface area contributed by atoms with E-state index in [4.69, 9.17) is 0 Å². The number of aromatic nitrogens is 1. The molecule has 1 aromatic heterocycles. The summed E-state index contributed by atoms with van der Waals surface area (Å²) in [7, 11) is 0. The van der Waals surface area contributed by atoms with Gasteiger partial charge in [0, 0.05) is 16.6 Å². The molecule has 2 N–H and O–H groups in total. The molecular weight excluding hydrogens is 284 g/mol. The molecule has 23 heavy (non-hydrogen) atoms. The zero-order valence-electron chi connectivity index (χ0n) is 13.2. The lowest BCUT2D eigenvalue weighted by Gasteiger charge is -2.14. The Hall–Kier alpha value is -2.55. The number of hydrogen-bond acceptors (Lipinski definition) is 1. The maximum atomic E-state index is 12.5. The van der Waals surface area contributed by atoms with Crippen LogP contribution in [0.2, 0.25) is 0 Å². The summed E-state index contributed by atoms with van der Waals surface area (Å²) in [6.07, 6.45) is 2.47. The minimum atomic E-state index is 0.0968. The molecule has 1 aliphatic rings. The van der Waals surface area contributed by atoms with Crippen molar-refractivity contribution in [3.05, 3.63) is 70.9 Å². The summed E-state index contributed by atoms with van der Waals surface area (Å²) >= 11 is 0. The van der Waals surface area contributed by atoms with Crippen LogP contribution in [-0.4, -0.2) is 10.9 Å². The van der Waals surface area contributed by atoms with Gasteiger partial charge in [0.2, 0.25) is 5.91 Å². The molecule has 0 saturated heterocycles. The summed E-state index contributed by atoms with van der Waals surface area (Å²) < 4.78 is 0. The Labute approximate surface area is 135 Å². The number of carbonyl (C=O) groups is 1. The van der Waals surface area contributed by atoms with Crippen molar-refractivity contribution in [2.75, 3.05) is 0 Å². The molecule has 1 aliphatic carbocycles. The van der Waals surface area contributed by atoms with Crippen LogP contribution in [-0.2, 0) is 17.6 Å². The van der Waals surface area contributed by atoms with Gasteiger partial charge in [0.15, 0.2) is 0 Å². The summed E-state index contributed by atoms with van der Waals surface area (Å²) in [5, 5.41) is 4.36. The van der Waals surface area contributed by atoms with Crippen molar-refractivity contribution in [2.24, 2.45) is 0 Å². The van der Waals surface area contributed by atoms with E-state index in [1.54, 1.807) is 0 Å². The lowest BCUT2D eigenvalue weighted by molar-refractivity contribution is -0.121. The van der Waals surface area contributed by atoms with Gasteiger partial charge in [-0.05, 0) is 42.5 Å². The molecule has 2 aromatic carbocycles. The van der Waals surface area contributed by atoms with E-state index >= 15 is 0 Å². The highest BCUT2D eigenvalue weighted by molar-refractivity contribution is 5.90. The third kappa shape index (κ3) is 2.52. The summed E-state index contributed by atoms with van der Waals surface area (Å²) in [5.41, 5.74) is 5.91. The molecule has 116 valence electrons. The third-order valence-corrected chi connectivity index (χ3v) is 4.83. The van der Waals surface area contributed by atoms with Crippen LogP contribution in [0.4, 0.5) is 0 Å². The quantitative estimate of drug-likeness (QED) is 0.759. The monoisotopic (exact) mass is 304 g/mol. The van der Waals surface area contributed by atoms with Crippen molar-refractivity contribution in [2.45, 2.75) is 32.2 Å². The van der Waals surface area contributed by atoms with Crippen LogP contribution in [0, 0.1) is 6.92 Å². The van der Waals surface area contributed by atoms with Gasteiger partial charge in [-0.15, -0.1) is 0 Å². The van der Waals surface area contributed by atoms with E-state index < -0.39 is 0 Å². The number of H-pyrrole nitrogens is 1. The molecule has 3 nitrogen and oxygen atoms in total. The Morgan fingerprint density at radius 1 is 1.17 bits per heavy atom. The predicted octanol–water partition coefficient (Wildman–Crippen LogP) is 3.82. The summed E-state index contributed by atoms with van der Waals surface area (Å²) in [5.74, 6) is 0.0968. The molecule has 0 fully saturated rings. The van der Waals surface area contributed by atoms with Crippen LogP contribution in [0.5, 0.6) is 0 Å². The number of nitrogens with one attached hydrogen (secondary N) is 2. The lowest BCUT2D eigenvalue weighted by Crippen LogP contribution is -2.28. The van der Waals surface area contributed by atoms with Crippen LogP contribution in [0.3, 0.4) is 0 Å². The molecule has 1 atom stereocenters. The third-order valence-electron chi connectivity index (χ3n) is 4.83. The van der Waals surface area contributed by atoms with Crippen LogP contribution in [0.15, 0.2) is 48.5 Å². The van der Waals surface area contributed by atoms with Crippen LogP contribution >= 0.6 is 0 Å². The molecule has 0 bridgehead atoms. The number of amides is 1. The Morgan fingerprint density at radius 3 is 2.87 bits per heavy atom.